The summed E-state index contributed by atoms with van der Waals surface area (Å²) in [6.07, 6.45) is -0.372. The number of hydrogen-bond acceptors (Lipinski definition) is 4. The topological polar surface area (TPSA) is 89.6 Å². The van der Waals surface area contributed by atoms with Crippen molar-refractivity contribution in [3.63, 3.8) is 0 Å². The number of hydrogen-bond donors (Lipinski definition) is 2. The van der Waals surface area contributed by atoms with Crippen LogP contribution in [0, 0.1) is 13.8 Å². The molecule has 0 bridgehead atoms. The van der Waals surface area contributed by atoms with Crippen molar-refractivity contribution in [1.29, 1.82) is 0 Å². The highest BCUT2D eigenvalue weighted by molar-refractivity contribution is 6.03. The quantitative estimate of drug-likeness (QED) is 0.770. The van der Waals surface area contributed by atoms with Crippen LogP contribution in [-0.4, -0.2) is 30.0 Å². The van der Waals surface area contributed by atoms with Gasteiger partial charge in [-0.05, 0) is 37.1 Å². The molecular formula is C13H17NO4. The van der Waals surface area contributed by atoms with E-state index in [9.17, 15) is 9.59 Å². The summed E-state index contributed by atoms with van der Waals surface area (Å²) in [7, 11) is 1.55. The van der Waals surface area contributed by atoms with Gasteiger partial charge >= 0.3 is 5.97 Å². The van der Waals surface area contributed by atoms with Crippen LogP contribution in [-0.2, 0) is 4.79 Å². The highest BCUT2D eigenvalue weighted by atomic mass is 16.5. The second-order valence-corrected chi connectivity index (χ2v) is 4.13. The Bertz CT molecular complexity index is 482. The minimum atomic E-state index is -1.08. The molecule has 0 amide bonds. The molecule has 0 fully saturated rings. The summed E-state index contributed by atoms with van der Waals surface area (Å²) in [5.41, 5.74) is 7.64. The van der Waals surface area contributed by atoms with E-state index in [1.54, 1.807) is 26.2 Å². The molecule has 0 aliphatic carbocycles. The summed E-state index contributed by atoms with van der Waals surface area (Å²) in [5.74, 6) is -0.754. The van der Waals surface area contributed by atoms with Gasteiger partial charge in [0.05, 0.1) is 19.6 Å². The Hall–Kier alpha value is -1.88. The number of carboxylic acid groups (broad SMARTS) is 1. The van der Waals surface area contributed by atoms with Gasteiger partial charge in [0, 0.05) is 5.56 Å². The third kappa shape index (κ3) is 2.87. The number of ketones is 1. The zero-order valence-corrected chi connectivity index (χ0v) is 10.7. The van der Waals surface area contributed by atoms with Crippen LogP contribution < -0.4 is 10.5 Å². The number of aliphatic carboxylic acids is 1. The first kappa shape index (κ1) is 14.2. The molecular weight excluding hydrogens is 234 g/mol. The van der Waals surface area contributed by atoms with Gasteiger partial charge in [-0.2, -0.15) is 0 Å². The van der Waals surface area contributed by atoms with Crippen molar-refractivity contribution >= 4 is 11.8 Å². The molecule has 0 saturated carbocycles. The lowest BCUT2D eigenvalue weighted by molar-refractivity contribution is -0.137. The number of benzene rings is 1. The van der Waals surface area contributed by atoms with Gasteiger partial charge in [-0.25, -0.2) is 0 Å². The average Bonchev–Trinajstić information content (AvgIpc) is 2.31. The fourth-order valence-corrected chi connectivity index (χ4v) is 1.76. The molecule has 0 heterocycles. The highest BCUT2D eigenvalue weighted by Crippen LogP contribution is 2.24. The fourth-order valence-electron chi connectivity index (χ4n) is 1.76. The van der Waals surface area contributed by atoms with E-state index in [0.29, 0.717) is 11.3 Å². The van der Waals surface area contributed by atoms with Crippen molar-refractivity contribution in [2.24, 2.45) is 5.73 Å². The summed E-state index contributed by atoms with van der Waals surface area (Å²) in [4.78, 5) is 22.6. The molecule has 1 unspecified atom stereocenters. The van der Waals surface area contributed by atoms with Gasteiger partial charge in [-0.1, -0.05) is 0 Å². The van der Waals surface area contributed by atoms with Gasteiger partial charge in [0.15, 0.2) is 5.78 Å². The zero-order chi connectivity index (χ0) is 13.9. The number of carbonyl (C=O) groups is 2. The molecule has 3 N–H and O–H groups in total. The largest absolute Gasteiger partial charge is 0.496 e. The van der Waals surface area contributed by atoms with E-state index in [4.69, 9.17) is 15.6 Å². The number of ether oxygens (including phenoxy) is 1. The number of Topliss-reactive ketones (excluding diaryl/α,β-unsaturated/α-hetero) is 1. The lowest BCUT2D eigenvalue weighted by atomic mass is 9.95. The third-order valence-corrected chi connectivity index (χ3v) is 2.95. The Labute approximate surface area is 106 Å². The number of methoxy groups -OCH3 is 1. The molecule has 5 nitrogen and oxygen atoms in total. The van der Waals surface area contributed by atoms with Gasteiger partial charge in [0.25, 0.3) is 0 Å². The van der Waals surface area contributed by atoms with Crippen molar-refractivity contribution in [2.75, 3.05) is 7.11 Å². The maximum Gasteiger partial charge on any atom is 0.305 e. The summed E-state index contributed by atoms with van der Waals surface area (Å²) in [6, 6.07) is 2.28. The lowest BCUT2D eigenvalue weighted by Crippen LogP contribution is -2.33. The molecule has 0 aliphatic heterocycles. The Morgan fingerprint density at radius 1 is 1.33 bits per heavy atom. The standard InChI is InChI=1S/C13H17NO4/c1-7-8(2)11(18-3)5-4-9(7)13(17)10(14)6-12(15)16/h4-5,10H,6,14H2,1-3H3,(H,15,16). The molecule has 1 aromatic rings. The predicted octanol–water partition coefficient (Wildman–Crippen LogP) is 1.30. The molecule has 1 rings (SSSR count). The molecule has 0 aromatic heterocycles. The summed E-state index contributed by atoms with van der Waals surface area (Å²) < 4.78 is 5.15. The van der Waals surface area contributed by atoms with Crippen LogP contribution in [0.5, 0.6) is 5.75 Å². The molecule has 0 spiro atoms. The van der Waals surface area contributed by atoms with Crippen LogP contribution in [0.25, 0.3) is 0 Å². The first-order chi connectivity index (χ1) is 8.38. The Morgan fingerprint density at radius 3 is 2.44 bits per heavy atom. The van der Waals surface area contributed by atoms with E-state index in [1.165, 1.54) is 0 Å². The van der Waals surface area contributed by atoms with Gasteiger partial charge in [0.2, 0.25) is 0 Å². The van der Waals surface area contributed by atoms with Gasteiger partial charge in [-0.15, -0.1) is 0 Å². The Morgan fingerprint density at radius 2 is 1.94 bits per heavy atom. The van der Waals surface area contributed by atoms with E-state index in [0.717, 1.165) is 11.1 Å². The molecule has 5 heteroatoms. The van der Waals surface area contributed by atoms with E-state index in [-0.39, 0.29) is 12.2 Å². The molecule has 1 atom stereocenters. The van der Waals surface area contributed by atoms with Crippen molar-refractivity contribution in [3.05, 3.63) is 28.8 Å². The number of nitrogens with two attached hydrogens (primary N) is 1. The van der Waals surface area contributed by atoms with Crippen molar-refractivity contribution in [3.8, 4) is 5.75 Å². The minimum absolute atomic E-state index is 0.361. The number of carboxylic acids is 1. The van der Waals surface area contributed by atoms with Gasteiger partial charge in [0.1, 0.15) is 5.75 Å². The normalized spacial score (nSPS) is 12.0. The summed E-state index contributed by atoms with van der Waals surface area (Å²) in [5, 5.41) is 8.63. The second-order valence-electron chi connectivity index (χ2n) is 4.13. The summed E-state index contributed by atoms with van der Waals surface area (Å²) in [6.45, 7) is 3.63. The second kappa shape index (κ2) is 5.64. The van der Waals surface area contributed by atoms with Crippen molar-refractivity contribution in [1.82, 2.24) is 0 Å². The predicted molar refractivity (Wildman–Crippen MR) is 67.0 cm³/mol. The van der Waals surface area contributed by atoms with Crippen molar-refractivity contribution in [2.45, 2.75) is 26.3 Å². The molecule has 1 aromatic carbocycles. The van der Waals surface area contributed by atoms with Crippen LogP contribution >= 0.6 is 0 Å². The van der Waals surface area contributed by atoms with Crippen LogP contribution in [0.15, 0.2) is 12.1 Å². The SMILES string of the molecule is COc1ccc(C(=O)C(N)CC(=O)O)c(C)c1C. The molecule has 0 saturated heterocycles. The number of carbonyl (C=O) groups excluding carboxylic acids is 1. The summed E-state index contributed by atoms with van der Waals surface area (Å²) >= 11 is 0. The van der Waals surface area contributed by atoms with E-state index in [1.807, 2.05) is 6.92 Å². The zero-order valence-electron chi connectivity index (χ0n) is 10.7. The fraction of sp³-hybridized carbons (Fsp3) is 0.385. The van der Waals surface area contributed by atoms with Gasteiger partial charge < -0.3 is 15.6 Å². The highest BCUT2D eigenvalue weighted by Gasteiger charge is 2.21. The average molecular weight is 251 g/mol. The molecule has 0 aliphatic rings. The number of rotatable bonds is 5. The van der Waals surface area contributed by atoms with E-state index >= 15 is 0 Å². The van der Waals surface area contributed by atoms with Crippen molar-refractivity contribution < 1.29 is 19.4 Å². The first-order valence-electron chi connectivity index (χ1n) is 5.54. The lowest BCUT2D eigenvalue weighted by Gasteiger charge is -2.14. The minimum Gasteiger partial charge on any atom is -0.496 e. The smallest absolute Gasteiger partial charge is 0.305 e. The molecule has 98 valence electrons. The molecule has 0 radical (unpaired) electrons. The van der Waals surface area contributed by atoms with E-state index in [2.05, 4.69) is 0 Å². The third-order valence-electron chi connectivity index (χ3n) is 2.95. The van der Waals surface area contributed by atoms with E-state index < -0.39 is 12.0 Å². The van der Waals surface area contributed by atoms with Crippen LogP contribution in [0.1, 0.15) is 27.9 Å². The van der Waals surface area contributed by atoms with Gasteiger partial charge in [-0.3, -0.25) is 9.59 Å². The maximum atomic E-state index is 12.0. The monoisotopic (exact) mass is 251 g/mol. The van der Waals surface area contributed by atoms with Crippen LogP contribution in [0.3, 0.4) is 0 Å². The molecule has 18 heavy (non-hydrogen) atoms. The van der Waals surface area contributed by atoms with Crippen LogP contribution in [0.2, 0.25) is 0 Å². The Balaban J connectivity index is 3.07. The van der Waals surface area contributed by atoms with Crippen LogP contribution in [0.4, 0.5) is 0 Å². The first-order valence-corrected chi connectivity index (χ1v) is 5.54. The maximum absolute atomic E-state index is 12.0. The Kier molecular flexibility index (Phi) is 4.44.